The van der Waals surface area contributed by atoms with Crippen LogP contribution in [0.25, 0.3) is 99.5 Å². The van der Waals surface area contributed by atoms with E-state index in [1.807, 2.05) is 0 Å². The van der Waals surface area contributed by atoms with Crippen molar-refractivity contribution < 1.29 is 0 Å². The van der Waals surface area contributed by atoms with Crippen LogP contribution >= 0.6 is 0 Å². The maximum atomic E-state index is 2.38. The molecule has 2 aromatic heterocycles. The van der Waals surface area contributed by atoms with Crippen molar-refractivity contribution in [2.75, 3.05) is 9.80 Å². The maximum Gasteiger partial charge on any atom is 0.0542 e. The fourth-order valence-corrected chi connectivity index (χ4v) is 12.1. The molecule has 0 saturated heterocycles. The molecule has 15 rings (SSSR count). The molecule has 0 unspecified atom stereocenters. The van der Waals surface area contributed by atoms with Crippen molar-refractivity contribution in [3.63, 3.8) is 0 Å². The number of fused-ring (bicyclic) bond motifs is 6. The summed E-state index contributed by atoms with van der Waals surface area (Å²) in [5.41, 5.74) is 23.0. The van der Waals surface area contributed by atoms with Crippen LogP contribution in [0.4, 0.5) is 34.1 Å². The predicted octanol–water partition coefficient (Wildman–Crippen LogP) is 21.5. The summed E-state index contributed by atoms with van der Waals surface area (Å²) in [5.74, 6) is 0. The number of rotatable bonds is 12. The van der Waals surface area contributed by atoms with Crippen LogP contribution < -0.4 is 9.80 Å². The second-order valence-electron chi connectivity index (χ2n) is 20.9. The van der Waals surface area contributed by atoms with E-state index in [1.165, 1.54) is 65.9 Å². The van der Waals surface area contributed by atoms with E-state index in [9.17, 15) is 0 Å². The molecule has 13 aromatic carbocycles. The summed E-state index contributed by atoms with van der Waals surface area (Å²) in [7, 11) is 0. The summed E-state index contributed by atoms with van der Waals surface area (Å²) in [6.07, 6.45) is 0. The Kier molecular flexibility index (Phi) is 12.2. The van der Waals surface area contributed by atoms with Crippen LogP contribution in [0.1, 0.15) is 0 Å². The lowest BCUT2D eigenvalue weighted by molar-refractivity contribution is 1.18. The minimum Gasteiger partial charge on any atom is -0.310 e. The Bertz CT molecular complexity index is 4420. The summed E-state index contributed by atoms with van der Waals surface area (Å²) in [5, 5.41) is 4.87. The van der Waals surface area contributed by atoms with Gasteiger partial charge < -0.3 is 18.9 Å². The summed E-state index contributed by atoms with van der Waals surface area (Å²) < 4.78 is 4.75. The third kappa shape index (κ3) is 8.76. The highest BCUT2D eigenvalue weighted by Gasteiger charge is 2.20. The molecular weight excluding hydrogens is 993 g/mol. The summed E-state index contributed by atoms with van der Waals surface area (Å²) in [6, 6.07) is 119. The molecule has 2 heterocycles. The van der Waals surface area contributed by atoms with E-state index in [2.05, 4.69) is 347 Å². The maximum absolute atomic E-state index is 2.38. The normalized spacial score (nSPS) is 11.4. The number of hydrogen-bond donors (Lipinski definition) is 0. The molecule has 0 spiro atoms. The molecule has 0 aliphatic rings. The lowest BCUT2D eigenvalue weighted by Gasteiger charge is -2.26. The van der Waals surface area contributed by atoms with E-state index in [0.29, 0.717) is 0 Å². The zero-order valence-corrected chi connectivity index (χ0v) is 45.0. The monoisotopic (exact) mass is 1050 g/mol. The van der Waals surface area contributed by atoms with Crippen molar-refractivity contribution in [1.29, 1.82) is 0 Å². The lowest BCUT2D eigenvalue weighted by Crippen LogP contribution is -2.10. The van der Waals surface area contributed by atoms with Crippen molar-refractivity contribution in [3.8, 4) is 55.9 Å². The van der Waals surface area contributed by atoms with Gasteiger partial charge in [0.1, 0.15) is 0 Å². The Hall–Kier alpha value is -10.9. The molecule has 0 aliphatic heterocycles. The highest BCUT2D eigenvalue weighted by Crippen LogP contribution is 2.43. The molecule has 0 atom stereocenters. The Labute approximate surface area is 477 Å². The van der Waals surface area contributed by atoms with Crippen molar-refractivity contribution in [2.45, 2.75) is 0 Å². The smallest absolute Gasteiger partial charge is 0.0542 e. The van der Waals surface area contributed by atoms with Crippen molar-refractivity contribution >= 4 is 77.7 Å². The number of anilines is 6. The van der Waals surface area contributed by atoms with E-state index in [1.54, 1.807) is 0 Å². The largest absolute Gasteiger partial charge is 0.310 e. The van der Waals surface area contributed by atoms with Crippen LogP contribution in [0.5, 0.6) is 0 Å². The molecule has 0 N–H and O–H groups in total. The number of nitrogens with zero attached hydrogens (tertiary/aromatic N) is 4. The molecule has 0 fully saturated rings. The molecule has 0 aliphatic carbocycles. The van der Waals surface area contributed by atoms with Crippen molar-refractivity contribution in [3.05, 3.63) is 328 Å². The topological polar surface area (TPSA) is 16.3 Å². The van der Waals surface area contributed by atoms with E-state index in [-0.39, 0.29) is 0 Å². The van der Waals surface area contributed by atoms with Crippen LogP contribution in [-0.2, 0) is 0 Å². The van der Waals surface area contributed by atoms with Crippen LogP contribution in [0.3, 0.4) is 0 Å². The second-order valence-corrected chi connectivity index (χ2v) is 20.9. The van der Waals surface area contributed by atoms with Crippen LogP contribution in [0, 0.1) is 0 Å². The molecule has 386 valence electrons. The molecule has 15 aromatic rings. The first-order valence-electron chi connectivity index (χ1n) is 28.1. The van der Waals surface area contributed by atoms with E-state index < -0.39 is 0 Å². The molecule has 0 amide bonds. The van der Waals surface area contributed by atoms with Crippen LogP contribution in [-0.4, -0.2) is 9.13 Å². The Morgan fingerprint density at radius 3 is 0.720 bits per heavy atom. The second kappa shape index (κ2) is 20.7. The first-order chi connectivity index (χ1) is 40.7. The molecule has 82 heavy (non-hydrogen) atoms. The highest BCUT2D eigenvalue weighted by molar-refractivity contribution is 6.12. The van der Waals surface area contributed by atoms with Gasteiger partial charge in [-0.3, -0.25) is 0 Å². The van der Waals surface area contributed by atoms with Crippen LogP contribution in [0.2, 0.25) is 0 Å². The molecule has 0 bridgehead atoms. The Morgan fingerprint density at radius 1 is 0.171 bits per heavy atom. The van der Waals surface area contributed by atoms with Gasteiger partial charge in [0.15, 0.2) is 0 Å². The summed E-state index contributed by atoms with van der Waals surface area (Å²) in [6.45, 7) is 0. The fourth-order valence-electron chi connectivity index (χ4n) is 12.1. The van der Waals surface area contributed by atoms with Gasteiger partial charge in [0.25, 0.3) is 0 Å². The third-order valence-corrected chi connectivity index (χ3v) is 16.1. The number of aromatic nitrogens is 2. The van der Waals surface area contributed by atoms with Gasteiger partial charge in [-0.2, -0.15) is 0 Å². The average Bonchev–Trinajstić information content (AvgIpc) is 3.94. The van der Waals surface area contributed by atoms with E-state index >= 15 is 0 Å². The highest BCUT2D eigenvalue weighted by atomic mass is 15.1. The van der Waals surface area contributed by atoms with Crippen LogP contribution in [0.15, 0.2) is 328 Å². The Balaban J connectivity index is 0.750. The van der Waals surface area contributed by atoms with Crippen molar-refractivity contribution in [2.24, 2.45) is 0 Å². The van der Waals surface area contributed by atoms with Gasteiger partial charge in [-0.05, 0) is 166 Å². The fraction of sp³-hybridized carbons (Fsp3) is 0. The number of para-hydroxylation sites is 4. The molecule has 4 heteroatoms. The minimum absolute atomic E-state index is 1.08. The summed E-state index contributed by atoms with van der Waals surface area (Å²) >= 11 is 0. The molecule has 0 radical (unpaired) electrons. The first kappa shape index (κ1) is 48.2. The van der Waals surface area contributed by atoms with E-state index in [4.69, 9.17) is 0 Å². The van der Waals surface area contributed by atoms with Gasteiger partial charge in [0, 0.05) is 67.0 Å². The molecule has 4 nitrogen and oxygen atoms in total. The average molecular weight is 1050 g/mol. The van der Waals surface area contributed by atoms with Crippen molar-refractivity contribution in [1.82, 2.24) is 9.13 Å². The third-order valence-electron chi connectivity index (χ3n) is 16.1. The predicted molar refractivity (Wildman–Crippen MR) is 346 cm³/mol. The zero-order valence-electron chi connectivity index (χ0n) is 45.0. The SMILES string of the molecule is c1ccc(-c2ccc(N(c3ccc(-c4ccc(-c5ccc(N(c6ccc(-c7ccccc7)cc6)c6ccc7c(c6)c6ccccc6n7-c6ccccc6)cc5)cc4)cc3)c3ccc4c(c3)c3ccccc3n4-c3ccccc3)cc2)cc1. The Morgan fingerprint density at radius 2 is 0.402 bits per heavy atom. The van der Waals surface area contributed by atoms with E-state index in [0.717, 1.165) is 67.8 Å². The molecule has 0 saturated carbocycles. The minimum atomic E-state index is 1.08. The van der Waals surface area contributed by atoms with Gasteiger partial charge in [0.2, 0.25) is 0 Å². The van der Waals surface area contributed by atoms with Gasteiger partial charge >= 0.3 is 0 Å². The first-order valence-corrected chi connectivity index (χ1v) is 28.1. The standard InChI is InChI=1S/C78H54N4/c1-5-17-55(18-6-1)59-33-41-65(42-34-59)79(69-49-51-77-73(53-69)71-25-13-15-27-75(71)81(77)63-21-9-3-10-22-63)67-45-37-61(38-46-67)57-29-31-58(32-30-57)62-39-47-68(48-40-62)80(66-43-35-60(36-44-66)56-19-7-2-8-20-56)70-50-52-78-74(54-70)72-26-14-16-28-76(72)82(78)64-23-11-4-12-24-64/h1-54H. The zero-order chi connectivity index (χ0) is 54.3. The number of benzene rings is 13. The quantitative estimate of drug-likeness (QED) is 0.121. The van der Waals surface area contributed by atoms with Gasteiger partial charge in [-0.15, -0.1) is 0 Å². The van der Waals surface area contributed by atoms with Gasteiger partial charge in [0.05, 0.1) is 22.1 Å². The molecular formula is C78H54N4. The summed E-state index contributed by atoms with van der Waals surface area (Å²) in [4.78, 5) is 4.76. The lowest BCUT2D eigenvalue weighted by atomic mass is 9.99. The van der Waals surface area contributed by atoms with Gasteiger partial charge in [-0.25, -0.2) is 0 Å². The van der Waals surface area contributed by atoms with Gasteiger partial charge in [-0.1, -0.05) is 206 Å². The number of hydrogen-bond acceptors (Lipinski definition) is 2.